The fourth-order valence-electron chi connectivity index (χ4n) is 0.955. The van der Waals surface area contributed by atoms with E-state index in [9.17, 15) is 8.78 Å². The molecule has 0 amide bonds. The molecule has 1 aliphatic carbocycles. The first-order chi connectivity index (χ1) is 5.68. The maximum atomic E-state index is 11.8. The molecule has 1 unspecified atom stereocenters. The highest BCUT2D eigenvalue weighted by Gasteiger charge is 2.09. The Morgan fingerprint density at radius 1 is 1.42 bits per heavy atom. The third-order valence-corrected chi connectivity index (χ3v) is 1.46. The van der Waals surface area contributed by atoms with E-state index in [-0.39, 0.29) is 0 Å². The molecule has 1 aliphatic rings. The van der Waals surface area contributed by atoms with Gasteiger partial charge in [0.05, 0.1) is 0 Å². The molecule has 0 aromatic heterocycles. The molecule has 1 rings (SSSR count). The third kappa shape index (κ3) is 2.96. The van der Waals surface area contributed by atoms with Crippen LogP contribution in [0.5, 0.6) is 0 Å². The Labute approximate surface area is 70.0 Å². The van der Waals surface area contributed by atoms with Crippen LogP contribution >= 0.6 is 0 Å². The predicted molar refractivity (Wildman–Crippen MR) is 42.9 cm³/mol. The summed E-state index contributed by atoms with van der Waals surface area (Å²) in [7, 11) is 0. The summed E-state index contributed by atoms with van der Waals surface area (Å²) in [6, 6.07) is 0. The quantitative estimate of drug-likeness (QED) is 0.622. The molecule has 0 spiro atoms. The fourth-order valence-corrected chi connectivity index (χ4v) is 0.955. The molecule has 66 valence electrons. The van der Waals surface area contributed by atoms with E-state index in [1.807, 2.05) is 13.0 Å². The Bertz CT molecular complexity index is 229. The lowest BCUT2D eigenvalue weighted by Gasteiger charge is -2.08. The van der Waals surface area contributed by atoms with E-state index < -0.39 is 12.7 Å². The number of rotatable bonds is 2. The summed E-state index contributed by atoms with van der Waals surface area (Å²) in [6.07, 6.45) is 7.94. The van der Waals surface area contributed by atoms with Crippen molar-refractivity contribution in [2.45, 2.75) is 19.6 Å². The topological polar surface area (TPSA) is 9.23 Å². The normalized spacial score (nSPS) is 22.7. The zero-order valence-corrected chi connectivity index (χ0v) is 6.71. The number of hydrogen-bond acceptors (Lipinski definition) is 1. The molecule has 0 radical (unpaired) electrons. The smallest absolute Gasteiger partial charge is 0.311 e. The summed E-state index contributed by atoms with van der Waals surface area (Å²) >= 11 is 0. The number of hydrogen-bond donors (Lipinski definition) is 0. The van der Waals surface area contributed by atoms with Crippen molar-refractivity contribution >= 4 is 0 Å². The van der Waals surface area contributed by atoms with Crippen LogP contribution in [0.25, 0.3) is 0 Å². The minimum Gasteiger partial charge on any atom is -0.311 e. The number of allylic oxidation sites excluding steroid dienone is 4. The van der Waals surface area contributed by atoms with Crippen LogP contribution in [-0.4, -0.2) is 12.7 Å². The minimum absolute atomic E-state index is 0.611. The van der Waals surface area contributed by atoms with E-state index in [0.717, 1.165) is 5.57 Å². The molecule has 0 bridgehead atoms. The van der Waals surface area contributed by atoms with Crippen molar-refractivity contribution in [3.05, 3.63) is 36.0 Å². The van der Waals surface area contributed by atoms with Gasteiger partial charge in [0.1, 0.15) is 6.10 Å². The largest absolute Gasteiger partial charge is 0.346 e. The molecule has 0 aromatic carbocycles. The molecule has 3 heteroatoms. The average molecular weight is 172 g/mol. The second-order valence-corrected chi connectivity index (χ2v) is 2.52. The van der Waals surface area contributed by atoms with Crippen molar-refractivity contribution in [1.29, 1.82) is 0 Å². The van der Waals surface area contributed by atoms with Gasteiger partial charge in [-0.05, 0) is 13.0 Å². The molecule has 12 heavy (non-hydrogen) atoms. The van der Waals surface area contributed by atoms with Crippen molar-refractivity contribution < 1.29 is 13.5 Å². The van der Waals surface area contributed by atoms with E-state index >= 15 is 0 Å². The van der Waals surface area contributed by atoms with E-state index in [1.165, 1.54) is 0 Å². The SMILES string of the molecule is CC1=CC(OC(F)F)C=CC=C1. The Hall–Kier alpha value is -0.960. The van der Waals surface area contributed by atoms with Crippen LogP contribution in [0.15, 0.2) is 36.0 Å². The molecule has 0 N–H and O–H groups in total. The van der Waals surface area contributed by atoms with Crippen molar-refractivity contribution in [3.63, 3.8) is 0 Å². The molecule has 1 nitrogen and oxygen atoms in total. The standard InChI is InChI=1S/C9H10F2O/c1-7-4-2-3-5-8(6-7)12-9(10)11/h2-6,8-9H,1H3. The molecule has 0 aromatic rings. The van der Waals surface area contributed by atoms with Gasteiger partial charge in [0.2, 0.25) is 0 Å². The molecular formula is C9H10F2O. The Kier molecular flexibility index (Phi) is 3.17. The fraction of sp³-hybridized carbons (Fsp3) is 0.333. The Morgan fingerprint density at radius 2 is 2.17 bits per heavy atom. The van der Waals surface area contributed by atoms with E-state index in [1.54, 1.807) is 24.3 Å². The first-order valence-corrected chi connectivity index (χ1v) is 3.65. The van der Waals surface area contributed by atoms with Gasteiger partial charge in [-0.15, -0.1) is 0 Å². The van der Waals surface area contributed by atoms with Crippen LogP contribution < -0.4 is 0 Å². The van der Waals surface area contributed by atoms with Crippen molar-refractivity contribution in [3.8, 4) is 0 Å². The van der Waals surface area contributed by atoms with Crippen molar-refractivity contribution in [2.75, 3.05) is 0 Å². The van der Waals surface area contributed by atoms with Gasteiger partial charge in [0.25, 0.3) is 0 Å². The maximum Gasteiger partial charge on any atom is 0.346 e. The summed E-state index contributed by atoms with van der Waals surface area (Å²) < 4.78 is 27.9. The Balaban J connectivity index is 2.60. The summed E-state index contributed by atoms with van der Waals surface area (Å²) in [6.45, 7) is -0.882. The van der Waals surface area contributed by atoms with Gasteiger partial charge in [0, 0.05) is 0 Å². The van der Waals surface area contributed by atoms with Crippen LogP contribution in [0.3, 0.4) is 0 Å². The molecule has 0 saturated carbocycles. The van der Waals surface area contributed by atoms with Crippen molar-refractivity contribution in [2.24, 2.45) is 0 Å². The van der Waals surface area contributed by atoms with Gasteiger partial charge < -0.3 is 4.74 Å². The second-order valence-electron chi connectivity index (χ2n) is 2.52. The minimum atomic E-state index is -2.72. The van der Waals surface area contributed by atoms with Crippen molar-refractivity contribution in [1.82, 2.24) is 0 Å². The summed E-state index contributed by atoms with van der Waals surface area (Å²) in [5.74, 6) is 0. The molecular weight excluding hydrogens is 162 g/mol. The number of alkyl halides is 2. The average Bonchev–Trinajstić information content (AvgIpc) is 2.12. The molecule has 1 atom stereocenters. The second kappa shape index (κ2) is 4.16. The van der Waals surface area contributed by atoms with Crippen LogP contribution in [0.1, 0.15) is 6.92 Å². The zero-order valence-electron chi connectivity index (χ0n) is 6.71. The van der Waals surface area contributed by atoms with Gasteiger partial charge in [-0.3, -0.25) is 0 Å². The first-order valence-electron chi connectivity index (χ1n) is 3.65. The molecule has 0 fully saturated rings. The van der Waals surface area contributed by atoms with E-state index in [4.69, 9.17) is 0 Å². The van der Waals surface area contributed by atoms with Gasteiger partial charge >= 0.3 is 6.61 Å². The summed E-state index contributed by atoms with van der Waals surface area (Å²) in [5.41, 5.74) is 0.922. The summed E-state index contributed by atoms with van der Waals surface area (Å²) in [4.78, 5) is 0. The van der Waals surface area contributed by atoms with Gasteiger partial charge in [-0.2, -0.15) is 8.78 Å². The first kappa shape index (κ1) is 9.13. The highest BCUT2D eigenvalue weighted by molar-refractivity contribution is 5.27. The third-order valence-electron chi connectivity index (χ3n) is 1.46. The molecule has 0 saturated heterocycles. The lowest BCUT2D eigenvalue weighted by Crippen LogP contribution is -2.10. The molecule has 0 heterocycles. The maximum absolute atomic E-state index is 11.8. The van der Waals surface area contributed by atoms with E-state index in [2.05, 4.69) is 4.74 Å². The van der Waals surface area contributed by atoms with Crippen LogP contribution in [0.2, 0.25) is 0 Å². The monoisotopic (exact) mass is 172 g/mol. The van der Waals surface area contributed by atoms with Gasteiger partial charge in [0.15, 0.2) is 0 Å². The highest BCUT2D eigenvalue weighted by Crippen LogP contribution is 2.10. The van der Waals surface area contributed by atoms with Crippen LogP contribution in [-0.2, 0) is 4.74 Å². The van der Waals surface area contributed by atoms with Crippen LogP contribution in [0.4, 0.5) is 8.78 Å². The predicted octanol–water partition coefficient (Wildman–Crippen LogP) is 2.67. The number of ether oxygens (including phenoxy) is 1. The Morgan fingerprint density at radius 3 is 2.83 bits per heavy atom. The highest BCUT2D eigenvalue weighted by atomic mass is 19.3. The molecule has 0 aliphatic heterocycles. The van der Waals surface area contributed by atoms with Gasteiger partial charge in [-0.1, -0.05) is 29.9 Å². The van der Waals surface area contributed by atoms with Gasteiger partial charge in [-0.25, -0.2) is 0 Å². The number of halogens is 2. The lowest BCUT2D eigenvalue weighted by atomic mass is 10.2. The zero-order chi connectivity index (χ0) is 8.97. The lowest BCUT2D eigenvalue weighted by molar-refractivity contribution is -0.138. The summed E-state index contributed by atoms with van der Waals surface area (Å²) in [5, 5.41) is 0. The van der Waals surface area contributed by atoms with Crippen LogP contribution in [0, 0.1) is 0 Å². The van der Waals surface area contributed by atoms with E-state index in [0.29, 0.717) is 0 Å².